The molecule has 1 aliphatic heterocycles. The number of carbonyl (C=O) groups is 3. The van der Waals surface area contributed by atoms with E-state index in [2.05, 4.69) is 29.6 Å². The number of hydrogen-bond acceptors (Lipinski definition) is 4. The molecule has 180 valence electrons. The van der Waals surface area contributed by atoms with Gasteiger partial charge in [0.05, 0.1) is 5.92 Å². The average molecular weight is 465 g/mol. The van der Waals surface area contributed by atoms with Crippen LogP contribution in [-0.2, 0) is 14.3 Å². The van der Waals surface area contributed by atoms with E-state index < -0.39 is 24.0 Å². The molecule has 34 heavy (non-hydrogen) atoms. The van der Waals surface area contributed by atoms with Crippen molar-refractivity contribution in [1.82, 2.24) is 10.2 Å². The van der Waals surface area contributed by atoms with Crippen LogP contribution in [0, 0.1) is 17.8 Å². The predicted molar refractivity (Wildman–Crippen MR) is 128 cm³/mol. The molecule has 2 aromatic rings. The lowest BCUT2D eigenvalue weighted by molar-refractivity contribution is -0.142. The van der Waals surface area contributed by atoms with Gasteiger partial charge in [-0.05, 0) is 34.1 Å². The highest BCUT2D eigenvalue weighted by atomic mass is 16.5. The van der Waals surface area contributed by atoms with E-state index in [1.54, 1.807) is 4.90 Å². The van der Waals surface area contributed by atoms with E-state index in [0.717, 1.165) is 22.3 Å². The zero-order valence-corrected chi connectivity index (χ0v) is 19.9. The minimum absolute atomic E-state index is 0.0633. The number of nitrogens with zero attached hydrogens (tertiary/aromatic N) is 1. The van der Waals surface area contributed by atoms with Crippen LogP contribution in [0.1, 0.15) is 44.2 Å². The van der Waals surface area contributed by atoms with Crippen molar-refractivity contribution < 1.29 is 24.2 Å². The van der Waals surface area contributed by atoms with Gasteiger partial charge >= 0.3 is 12.1 Å². The quantitative estimate of drug-likeness (QED) is 0.643. The molecule has 1 fully saturated rings. The molecular weight excluding hydrogens is 432 g/mol. The van der Waals surface area contributed by atoms with Crippen molar-refractivity contribution in [3.63, 3.8) is 0 Å². The van der Waals surface area contributed by atoms with Crippen molar-refractivity contribution >= 4 is 18.0 Å². The molecule has 4 rings (SSSR count). The first-order valence-electron chi connectivity index (χ1n) is 11.9. The van der Waals surface area contributed by atoms with Gasteiger partial charge in [0.1, 0.15) is 12.6 Å². The Morgan fingerprint density at radius 1 is 1.06 bits per heavy atom. The number of carbonyl (C=O) groups excluding carboxylic acids is 2. The summed E-state index contributed by atoms with van der Waals surface area (Å²) in [5.41, 5.74) is 4.54. The van der Waals surface area contributed by atoms with Crippen molar-refractivity contribution in [2.24, 2.45) is 17.8 Å². The van der Waals surface area contributed by atoms with E-state index in [9.17, 15) is 19.5 Å². The van der Waals surface area contributed by atoms with Gasteiger partial charge in [0.15, 0.2) is 0 Å². The second-order valence-electron chi connectivity index (χ2n) is 9.50. The van der Waals surface area contributed by atoms with Crippen LogP contribution in [0.4, 0.5) is 4.79 Å². The molecule has 2 unspecified atom stereocenters. The fourth-order valence-corrected chi connectivity index (χ4v) is 5.12. The van der Waals surface area contributed by atoms with Crippen LogP contribution >= 0.6 is 0 Å². The molecule has 7 heteroatoms. The largest absolute Gasteiger partial charge is 0.481 e. The van der Waals surface area contributed by atoms with Gasteiger partial charge in [0.2, 0.25) is 5.91 Å². The molecule has 0 aromatic heterocycles. The Balaban J connectivity index is 1.43. The number of rotatable bonds is 7. The van der Waals surface area contributed by atoms with Crippen LogP contribution in [0.25, 0.3) is 11.1 Å². The van der Waals surface area contributed by atoms with E-state index in [-0.39, 0.29) is 36.8 Å². The van der Waals surface area contributed by atoms with Crippen LogP contribution in [0.3, 0.4) is 0 Å². The average Bonchev–Trinajstić information content (AvgIpc) is 3.38. The third kappa shape index (κ3) is 4.52. The number of likely N-dealkylation sites (tertiary alicyclic amines) is 1. The fourth-order valence-electron chi connectivity index (χ4n) is 5.12. The minimum atomic E-state index is -0.896. The van der Waals surface area contributed by atoms with Gasteiger partial charge in [0, 0.05) is 19.0 Å². The Morgan fingerprint density at radius 3 is 2.18 bits per heavy atom. The van der Waals surface area contributed by atoms with E-state index >= 15 is 0 Å². The molecule has 2 aromatic carbocycles. The number of benzene rings is 2. The summed E-state index contributed by atoms with van der Waals surface area (Å²) in [5, 5.41) is 12.2. The second kappa shape index (κ2) is 9.87. The predicted octanol–water partition coefficient (Wildman–Crippen LogP) is 4.12. The van der Waals surface area contributed by atoms with Gasteiger partial charge in [-0.2, -0.15) is 0 Å². The van der Waals surface area contributed by atoms with E-state index in [1.807, 2.05) is 45.0 Å². The van der Waals surface area contributed by atoms with Gasteiger partial charge in [-0.1, -0.05) is 75.7 Å². The number of amides is 2. The number of alkyl carbamates (subject to hydrolysis) is 1. The lowest BCUT2D eigenvalue weighted by Crippen LogP contribution is -2.51. The molecule has 0 spiro atoms. The Labute approximate surface area is 200 Å². The van der Waals surface area contributed by atoms with Gasteiger partial charge in [-0.25, -0.2) is 4.79 Å². The highest BCUT2D eigenvalue weighted by molar-refractivity contribution is 5.87. The van der Waals surface area contributed by atoms with Gasteiger partial charge in [-0.15, -0.1) is 0 Å². The first-order valence-corrected chi connectivity index (χ1v) is 11.9. The van der Waals surface area contributed by atoms with E-state index in [4.69, 9.17) is 4.74 Å². The summed E-state index contributed by atoms with van der Waals surface area (Å²) in [6.45, 7) is 6.40. The van der Waals surface area contributed by atoms with E-state index in [1.165, 1.54) is 0 Å². The van der Waals surface area contributed by atoms with Crippen LogP contribution in [-0.4, -0.2) is 53.7 Å². The molecule has 0 saturated carbocycles. The SMILES string of the molecule is CCC(C)C(NC(=O)OCC1c2ccccc2-c2ccccc21)C(=O)N1C[C@@H](C)[C@H](C(=O)O)C1. The summed E-state index contributed by atoms with van der Waals surface area (Å²) >= 11 is 0. The van der Waals surface area contributed by atoms with Gasteiger partial charge < -0.3 is 20.1 Å². The van der Waals surface area contributed by atoms with E-state index in [0.29, 0.717) is 13.0 Å². The molecule has 0 bridgehead atoms. The molecule has 2 amide bonds. The fraction of sp³-hybridized carbons (Fsp3) is 0.444. The molecule has 1 aliphatic carbocycles. The van der Waals surface area contributed by atoms with Gasteiger partial charge in [-0.3, -0.25) is 9.59 Å². The van der Waals surface area contributed by atoms with Crippen LogP contribution < -0.4 is 5.32 Å². The van der Waals surface area contributed by atoms with Crippen molar-refractivity contribution in [1.29, 1.82) is 0 Å². The maximum atomic E-state index is 13.2. The number of carboxylic acids is 1. The number of hydrogen-bond donors (Lipinski definition) is 2. The number of nitrogens with one attached hydrogen (secondary N) is 1. The lowest BCUT2D eigenvalue weighted by atomic mass is 9.97. The molecule has 2 N–H and O–H groups in total. The first kappa shape index (κ1) is 23.8. The van der Waals surface area contributed by atoms with Crippen molar-refractivity contribution in [3.8, 4) is 11.1 Å². The topological polar surface area (TPSA) is 95.9 Å². The summed E-state index contributed by atoms with van der Waals surface area (Å²) in [4.78, 5) is 39.1. The summed E-state index contributed by atoms with van der Waals surface area (Å²) in [6.07, 6.45) is 0.0498. The van der Waals surface area contributed by atoms with Gasteiger partial charge in [0.25, 0.3) is 0 Å². The smallest absolute Gasteiger partial charge is 0.407 e. The molecule has 7 nitrogen and oxygen atoms in total. The molecule has 4 atom stereocenters. The molecule has 1 heterocycles. The number of aliphatic carboxylic acids is 1. The number of fused-ring (bicyclic) bond motifs is 3. The minimum Gasteiger partial charge on any atom is -0.481 e. The third-order valence-corrected chi connectivity index (χ3v) is 7.34. The molecule has 1 saturated heterocycles. The molecule has 0 radical (unpaired) electrons. The van der Waals surface area contributed by atoms with Crippen LogP contribution in [0.5, 0.6) is 0 Å². The Morgan fingerprint density at radius 2 is 1.65 bits per heavy atom. The summed E-state index contributed by atoms with van der Waals surface area (Å²) < 4.78 is 5.64. The second-order valence-corrected chi connectivity index (χ2v) is 9.50. The summed E-state index contributed by atoms with van der Waals surface area (Å²) in [6, 6.07) is 15.5. The van der Waals surface area contributed by atoms with Crippen LogP contribution in [0.15, 0.2) is 48.5 Å². The summed E-state index contributed by atoms with van der Waals surface area (Å²) in [5.74, 6) is -2.05. The number of carboxylic acid groups (broad SMARTS) is 1. The zero-order valence-electron chi connectivity index (χ0n) is 19.9. The Bertz CT molecular complexity index is 1040. The highest BCUT2D eigenvalue weighted by Crippen LogP contribution is 2.44. The monoisotopic (exact) mass is 464 g/mol. The maximum absolute atomic E-state index is 13.2. The lowest BCUT2D eigenvalue weighted by Gasteiger charge is -2.28. The highest BCUT2D eigenvalue weighted by Gasteiger charge is 2.40. The van der Waals surface area contributed by atoms with Crippen LogP contribution in [0.2, 0.25) is 0 Å². The zero-order chi connectivity index (χ0) is 24.4. The number of ether oxygens (including phenoxy) is 1. The van der Waals surface area contributed by atoms with Crippen molar-refractivity contribution in [3.05, 3.63) is 59.7 Å². The van der Waals surface area contributed by atoms with Crippen molar-refractivity contribution in [2.75, 3.05) is 19.7 Å². The Hall–Kier alpha value is -3.35. The maximum Gasteiger partial charge on any atom is 0.407 e. The summed E-state index contributed by atoms with van der Waals surface area (Å²) in [7, 11) is 0. The Kier molecular flexibility index (Phi) is 6.91. The first-order chi connectivity index (χ1) is 16.3. The normalized spacial score (nSPS) is 20.9. The standard InChI is InChI=1S/C27H32N2O5/c1-4-16(2)24(25(30)29-13-17(3)22(14-29)26(31)32)28-27(33)34-15-23-20-11-7-5-9-18(20)19-10-6-8-12-21(19)23/h5-12,16-17,22-24H,4,13-15H2,1-3H3,(H,28,33)(H,31,32)/t16?,17-,22-,24?/m1/s1. The van der Waals surface area contributed by atoms with Crippen molar-refractivity contribution in [2.45, 2.75) is 39.2 Å². The molecule has 2 aliphatic rings. The third-order valence-electron chi connectivity index (χ3n) is 7.34. The molecular formula is C27H32N2O5.